The minimum Gasteiger partial charge on any atom is -0.494 e. The van der Waals surface area contributed by atoms with Crippen molar-refractivity contribution in [3.8, 4) is 5.75 Å². The van der Waals surface area contributed by atoms with Gasteiger partial charge in [0, 0.05) is 25.2 Å². The summed E-state index contributed by atoms with van der Waals surface area (Å²) in [7, 11) is 1.86. The smallest absolute Gasteiger partial charge is 0.304 e. The van der Waals surface area contributed by atoms with Crippen molar-refractivity contribution in [2.24, 2.45) is 0 Å². The fourth-order valence-electron chi connectivity index (χ4n) is 1.59. The second-order valence-electron chi connectivity index (χ2n) is 4.40. The number of aliphatic carboxylic acids is 1. The van der Waals surface area contributed by atoms with Gasteiger partial charge in [0.1, 0.15) is 5.75 Å². The van der Waals surface area contributed by atoms with Crippen LogP contribution >= 0.6 is 12.4 Å². The normalized spacial score (nSPS) is 10.0. The van der Waals surface area contributed by atoms with Crippen LogP contribution in [0, 0.1) is 10.1 Å². The molecule has 0 aliphatic rings. The largest absolute Gasteiger partial charge is 0.494 e. The highest BCUT2D eigenvalue weighted by Crippen LogP contribution is 2.17. The molecule has 0 bridgehead atoms. The Labute approximate surface area is 129 Å². The Balaban J connectivity index is 0.00000400. The Morgan fingerprint density at radius 1 is 1.33 bits per heavy atom. The first-order valence-electron chi connectivity index (χ1n) is 6.26. The Hall–Kier alpha value is -1.86. The summed E-state index contributed by atoms with van der Waals surface area (Å²) in [4.78, 5) is 22.3. The topological polar surface area (TPSA) is 92.9 Å². The number of benzene rings is 1. The van der Waals surface area contributed by atoms with E-state index in [1.807, 2.05) is 11.9 Å². The predicted molar refractivity (Wildman–Crippen MR) is 80.2 cm³/mol. The summed E-state index contributed by atoms with van der Waals surface area (Å²) in [5, 5.41) is 19.0. The van der Waals surface area contributed by atoms with Crippen LogP contribution in [0.1, 0.15) is 12.8 Å². The van der Waals surface area contributed by atoms with Crippen LogP contribution in [-0.4, -0.2) is 47.6 Å². The maximum Gasteiger partial charge on any atom is 0.304 e. The molecule has 1 aromatic rings. The zero-order valence-corrected chi connectivity index (χ0v) is 12.5. The van der Waals surface area contributed by atoms with E-state index in [9.17, 15) is 14.9 Å². The van der Waals surface area contributed by atoms with Gasteiger partial charge in [-0.1, -0.05) is 0 Å². The maximum atomic E-state index is 10.5. The quantitative estimate of drug-likeness (QED) is 0.426. The summed E-state index contributed by atoms with van der Waals surface area (Å²) >= 11 is 0. The third-order valence-corrected chi connectivity index (χ3v) is 2.71. The first-order chi connectivity index (χ1) is 9.49. The number of carboxylic acids is 1. The van der Waals surface area contributed by atoms with Crippen molar-refractivity contribution in [3.63, 3.8) is 0 Å². The number of halogens is 1. The van der Waals surface area contributed by atoms with E-state index >= 15 is 0 Å². The van der Waals surface area contributed by atoms with E-state index < -0.39 is 10.9 Å². The lowest BCUT2D eigenvalue weighted by Crippen LogP contribution is -2.24. The van der Waals surface area contributed by atoms with Gasteiger partial charge >= 0.3 is 5.97 Å². The highest BCUT2D eigenvalue weighted by Gasteiger charge is 2.05. The predicted octanol–water partition coefficient (Wildman–Crippen LogP) is 2.19. The Kier molecular flexibility index (Phi) is 9.07. The van der Waals surface area contributed by atoms with Gasteiger partial charge in [0.25, 0.3) is 5.69 Å². The molecule has 0 aliphatic carbocycles. The van der Waals surface area contributed by atoms with Crippen molar-refractivity contribution in [2.45, 2.75) is 12.8 Å². The van der Waals surface area contributed by atoms with Crippen LogP contribution in [-0.2, 0) is 4.79 Å². The maximum absolute atomic E-state index is 10.5. The summed E-state index contributed by atoms with van der Waals surface area (Å²) in [5.41, 5.74) is 0.0331. The second-order valence-corrected chi connectivity index (χ2v) is 4.40. The minimum atomic E-state index is -0.807. The highest BCUT2D eigenvalue weighted by molar-refractivity contribution is 5.85. The fourth-order valence-corrected chi connectivity index (χ4v) is 1.59. The first kappa shape index (κ1) is 19.1. The van der Waals surface area contributed by atoms with Gasteiger partial charge in [-0.15, -0.1) is 12.4 Å². The molecule has 8 heteroatoms. The number of ether oxygens (including phenoxy) is 1. The summed E-state index contributed by atoms with van der Waals surface area (Å²) in [6.45, 7) is 1.72. The number of rotatable bonds is 9. The molecule has 21 heavy (non-hydrogen) atoms. The van der Waals surface area contributed by atoms with Gasteiger partial charge in [-0.25, -0.2) is 0 Å². The summed E-state index contributed by atoms with van der Waals surface area (Å²) < 4.78 is 5.45. The molecule has 0 unspecified atom stereocenters. The van der Waals surface area contributed by atoms with Gasteiger partial charge in [-0.3, -0.25) is 14.9 Å². The van der Waals surface area contributed by atoms with Crippen LogP contribution in [0.2, 0.25) is 0 Å². The zero-order valence-electron chi connectivity index (χ0n) is 11.7. The molecule has 0 aromatic heterocycles. The zero-order chi connectivity index (χ0) is 15.0. The average Bonchev–Trinajstić information content (AvgIpc) is 2.42. The van der Waals surface area contributed by atoms with E-state index in [4.69, 9.17) is 9.84 Å². The van der Waals surface area contributed by atoms with Crippen molar-refractivity contribution in [2.75, 3.05) is 26.7 Å². The molecule has 0 heterocycles. The summed E-state index contributed by atoms with van der Waals surface area (Å²) in [6.07, 6.45) is 0.882. The number of hydrogen-bond acceptors (Lipinski definition) is 5. The lowest BCUT2D eigenvalue weighted by molar-refractivity contribution is -0.384. The van der Waals surface area contributed by atoms with Gasteiger partial charge in [-0.05, 0) is 25.6 Å². The molecule has 0 radical (unpaired) electrons. The molecular formula is C13H19ClN2O5. The molecule has 0 saturated heterocycles. The second kappa shape index (κ2) is 9.95. The third kappa shape index (κ3) is 8.11. The third-order valence-electron chi connectivity index (χ3n) is 2.71. The highest BCUT2D eigenvalue weighted by atomic mass is 35.5. The molecule has 0 saturated carbocycles. The van der Waals surface area contributed by atoms with Crippen LogP contribution in [0.5, 0.6) is 5.75 Å². The van der Waals surface area contributed by atoms with E-state index in [2.05, 4.69) is 0 Å². The van der Waals surface area contributed by atoms with Crippen LogP contribution in [0.3, 0.4) is 0 Å². The number of hydrogen-bond donors (Lipinski definition) is 1. The van der Waals surface area contributed by atoms with Crippen LogP contribution < -0.4 is 4.74 Å². The first-order valence-corrected chi connectivity index (χ1v) is 6.26. The standard InChI is InChI=1S/C13H18N2O5.ClH/c1-14(9-7-13(16)17)8-2-10-20-12-5-3-11(4-6-12)15(18)19;/h3-6H,2,7-10H2,1H3,(H,16,17);1H. The Morgan fingerprint density at radius 3 is 2.48 bits per heavy atom. The molecule has 0 atom stereocenters. The van der Waals surface area contributed by atoms with Gasteiger partial charge in [0.2, 0.25) is 0 Å². The number of nitrogens with zero attached hydrogens (tertiary/aromatic N) is 2. The van der Waals surface area contributed by atoms with Gasteiger partial charge < -0.3 is 14.7 Å². The van der Waals surface area contributed by atoms with Crippen molar-refractivity contribution < 1.29 is 19.6 Å². The van der Waals surface area contributed by atoms with E-state index in [1.54, 1.807) is 12.1 Å². The summed E-state index contributed by atoms with van der Waals surface area (Å²) in [5.74, 6) is -0.220. The van der Waals surface area contributed by atoms with Gasteiger partial charge in [0.05, 0.1) is 18.0 Å². The van der Waals surface area contributed by atoms with Gasteiger partial charge in [-0.2, -0.15) is 0 Å². The number of carbonyl (C=O) groups is 1. The van der Waals surface area contributed by atoms with Crippen molar-refractivity contribution in [1.82, 2.24) is 4.90 Å². The minimum absolute atomic E-state index is 0. The number of non-ortho nitro benzene ring substituents is 1. The molecule has 1 aromatic carbocycles. The molecule has 1 N–H and O–H groups in total. The fraction of sp³-hybridized carbons (Fsp3) is 0.462. The molecule has 0 spiro atoms. The van der Waals surface area contributed by atoms with Crippen molar-refractivity contribution >= 4 is 24.1 Å². The van der Waals surface area contributed by atoms with Crippen LogP contribution in [0.15, 0.2) is 24.3 Å². The molecule has 0 fully saturated rings. The molecule has 1 rings (SSSR count). The molecule has 7 nitrogen and oxygen atoms in total. The van der Waals surface area contributed by atoms with E-state index in [1.165, 1.54) is 12.1 Å². The Morgan fingerprint density at radius 2 is 1.95 bits per heavy atom. The van der Waals surface area contributed by atoms with Crippen molar-refractivity contribution in [3.05, 3.63) is 34.4 Å². The van der Waals surface area contributed by atoms with E-state index in [0.717, 1.165) is 13.0 Å². The average molecular weight is 319 g/mol. The van der Waals surface area contributed by atoms with Crippen LogP contribution in [0.4, 0.5) is 5.69 Å². The number of nitro groups is 1. The lowest BCUT2D eigenvalue weighted by atomic mass is 10.3. The SMILES string of the molecule is CN(CCCOc1ccc([N+](=O)[O-])cc1)CCC(=O)O.Cl. The van der Waals surface area contributed by atoms with Crippen LogP contribution in [0.25, 0.3) is 0 Å². The number of carboxylic acid groups (broad SMARTS) is 1. The van der Waals surface area contributed by atoms with Crippen molar-refractivity contribution in [1.29, 1.82) is 0 Å². The molecule has 0 amide bonds. The lowest BCUT2D eigenvalue weighted by Gasteiger charge is -2.15. The Bertz CT molecular complexity index is 452. The van der Waals surface area contributed by atoms with E-state index in [0.29, 0.717) is 18.9 Å². The summed E-state index contributed by atoms with van der Waals surface area (Å²) in [6, 6.07) is 5.92. The molecule has 0 aliphatic heterocycles. The molecule has 118 valence electrons. The number of nitro benzene ring substituents is 1. The monoisotopic (exact) mass is 318 g/mol. The van der Waals surface area contributed by atoms with E-state index in [-0.39, 0.29) is 24.5 Å². The molecular weight excluding hydrogens is 300 g/mol. The van der Waals surface area contributed by atoms with Gasteiger partial charge in [0.15, 0.2) is 0 Å².